The van der Waals surface area contributed by atoms with Crippen molar-refractivity contribution >= 4 is 17.3 Å². The van der Waals surface area contributed by atoms with E-state index in [-0.39, 0.29) is 23.7 Å². The molecule has 0 bridgehead atoms. The van der Waals surface area contributed by atoms with Crippen LogP contribution in [0.2, 0.25) is 5.02 Å². The predicted molar refractivity (Wildman–Crippen MR) is 60.1 cm³/mol. The maximum Gasteiger partial charge on any atom is 0.435 e. The van der Waals surface area contributed by atoms with Crippen LogP contribution in [0, 0.1) is 0 Å². The second-order valence-corrected chi connectivity index (χ2v) is 4.45. The summed E-state index contributed by atoms with van der Waals surface area (Å²) in [6.45, 7) is 1.44. The number of hydrogen-bond donors (Lipinski definition) is 1. The van der Waals surface area contributed by atoms with Crippen LogP contribution in [0.3, 0.4) is 0 Å². The number of anilines is 1. The Hall–Kier alpha value is -1.18. The van der Waals surface area contributed by atoms with Crippen LogP contribution in [0.4, 0.5) is 36.4 Å². The molecule has 0 heterocycles. The molecule has 0 saturated carbocycles. The molecule has 0 unspecified atom stereocenters. The van der Waals surface area contributed by atoms with Crippen molar-refractivity contribution in [3.8, 4) is 0 Å². The molecule has 20 heavy (non-hydrogen) atoms. The number of benzene rings is 1. The first kappa shape index (κ1) is 16.9. The van der Waals surface area contributed by atoms with Gasteiger partial charge in [-0.05, 0) is 24.1 Å². The zero-order valence-electron chi connectivity index (χ0n) is 9.96. The number of rotatable bonds is 2. The van der Waals surface area contributed by atoms with Crippen LogP contribution in [0.1, 0.15) is 18.1 Å². The SMILES string of the molecule is CCc1cc(C(F)(C(F)(F)F)C(F)(F)F)cc(Cl)c1N. The summed E-state index contributed by atoms with van der Waals surface area (Å²) in [7, 11) is 0. The fourth-order valence-corrected chi connectivity index (χ4v) is 1.89. The molecule has 0 amide bonds. The Kier molecular flexibility index (Phi) is 4.20. The van der Waals surface area contributed by atoms with Crippen molar-refractivity contribution in [1.29, 1.82) is 0 Å². The molecular formula is C11H9ClF7N. The van der Waals surface area contributed by atoms with Gasteiger partial charge in [0.25, 0.3) is 0 Å². The summed E-state index contributed by atoms with van der Waals surface area (Å²) in [6, 6.07) is 0.680. The third kappa shape index (κ3) is 2.53. The van der Waals surface area contributed by atoms with Crippen LogP contribution in [-0.4, -0.2) is 12.4 Å². The molecule has 1 aromatic rings. The van der Waals surface area contributed by atoms with E-state index in [0.29, 0.717) is 6.07 Å². The van der Waals surface area contributed by atoms with Gasteiger partial charge in [0, 0.05) is 5.56 Å². The van der Waals surface area contributed by atoms with E-state index in [1.165, 1.54) is 6.92 Å². The average Bonchev–Trinajstić information content (AvgIpc) is 2.28. The Morgan fingerprint density at radius 2 is 1.45 bits per heavy atom. The zero-order chi connectivity index (χ0) is 15.9. The molecule has 0 aromatic heterocycles. The lowest BCUT2D eigenvalue weighted by atomic mass is 9.91. The van der Waals surface area contributed by atoms with E-state index in [9.17, 15) is 30.7 Å². The van der Waals surface area contributed by atoms with Gasteiger partial charge in [-0.15, -0.1) is 0 Å². The zero-order valence-corrected chi connectivity index (χ0v) is 10.7. The van der Waals surface area contributed by atoms with Gasteiger partial charge in [-0.25, -0.2) is 4.39 Å². The van der Waals surface area contributed by atoms with Crippen molar-refractivity contribution in [2.24, 2.45) is 0 Å². The topological polar surface area (TPSA) is 26.0 Å². The summed E-state index contributed by atoms with van der Waals surface area (Å²) in [4.78, 5) is 0. The van der Waals surface area contributed by atoms with E-state index in [2.05, 4.69) is 0 Å². The van der Waals surface area contributed by atoms with Crippen LogP contribution in [0.25, 0.3) is 0 Å². The van der Waals surface area contributed by atoms with Crippen LogP contribution >= 0.6 is 11.6 Å². The molecule has 0 aliphatic rings. The first-order valence-corrected chi connectivity index (χ1v) is 5.64. The molecule has 0 aliphatic carbocycles. The minimum absolute atomic E-state index is 0.00515. The fraction of sp³-hybridized carbons (Fsp3) is 0.455. The molecule has 0 fully saturated rings. The normalized spacial score (nSPS) is 13.7. The number of halogens is 8. The van der Waals surface area contributed by atoms with Crippen molar-refractivity contribution in [1.82, 2.24) is 0 Å². The first-order chi connectivity index (χ1) is 8.86. The highest BCUT2D eigenvalue weighted by molar-refractivity contribution is 6.33. The third-order valence-corrected chi connectivity index (χ3v) is 3.09. The molecule has 9 heteroatoms. The summed E-state index contributed by atoms with van der Waals surface area (Å²) >= 11 is 5.48. The molecule has 2 N–H and O–H groups in total. The molecule has 1 rings (SSSR count). The standard InChI is InChI=1S/C11H9ClF7N/c1-2-5-3-6(4-7(12)8(5)20)9(13,10(14,15)16)11(17,18)19/h3-4H,2,20H2,1H3. The molecule has 0 atom stereocenters. The van der Waals surface area contributed by atoms with Gasteiger partial charge in [0.1, 0.15) is 0 Å². The van der Waals surface area contributed by atoms with E-state index in [1.807, 2.05) is 0 Å². The van der Waals surface area contributed by atoms with Gasteiger partial charge in [0.05, 0.1) is 10.7 Å². The summed E-state index contributed by atoms with van der Waals surface area (Å²) in [5.41, 5.74) is -1.99. The highest BCUT2D eigenvalue weighted by Gasteiger charge is 2.73. The number of alkyl halides is 7. The van der Waals surface area contributed by atoms with E-state index < -0.39 is 28.6 Å². The lowest BCUT2D eigenvalue weighted by molar-refractivity contribution is -0.348. The minimum atomic E-state index is -6.17. The second-order valence-electron chi connectivity index (χ2n) is 4.04. The van der Waals surface area contributed by atoms with E-state index in [1.54, 1.807) is 0 Å². The van der Waals surface area contributed by atoms with Gasteiger partial charge in [-0.3, -0.25) is 0 Å². The van der Waals surface area contributed by atoms with Crippen LogP contribution in [0.15, 0.2) is 12.1 Å². The Morgan fingerprint density at radius 3 is 1.80 bits per heavy atom. The maximum absolute atomic E-state index is 13.8. The van der Waals surface area contributed by atoms with Gasteiger partial charge >= 0.3 is 18.0 Å². The van der Waals surface area contributed by atoms with E-state index in [4.69, 9.17) is 17.3 Å². The van der Waals surface area contributed by atoms with Crippen molar-refractivity contribution in [2.45, 2.75) is 31.4 Å². The van der Waals surface area contributed by atoms with Gasteiger partial charge in [-0.2, -0.15) is 26.3 Å². The smallest absolute Gasteiger partial charge is 0.397 e. The molecule has 0 aliphatic heterocycles. The monoisotopic (exact) mass is 323 g/mol. The van der Waals surface area contributed by atoms with Crippen molar-refractivity contribution in [3.63, 3.8) is 0 Å². The van der Waals surface area contributed by atoms with Gasteiger partial charge in [0.2, 0.25) is 0 Å². The molecule has 1 aromatic carbocycles. The van der Waals surface area contributed by atoms with E-state index >= 15 is 0 Å². The molecule has 114 valence electrons. The number of nitrogen functional groups attached to an aromatic ring is 1. The lowest BCUT2D eigenvalue weighted by Crippen LogP contribution is -2.50. The number of aryl methyl sites for hydroxylation is 1. The first-order valence-electron chi connectivity index (χ1n) is 5.27. The number of hydrogen-bond acceptors (Lipinski definition) is 1. The summed E-state index contributed by atoms with van der Waals surface area (Å²) in [6.07, 6.45) is -12.3. The Bertz CT molecular complexity index is 493. The molecule has 0 spiro atoms. The summed E-state index contributed by atoms with van der Waals surface area (Å²) in [5.74, 6) is 0. The molecule has 1 nitrogen and oxygen atoms in total. The van der Waals surface area contributed by atoms with Crippen LogP contribution in [-0.2, 0) is 12.1 Å². The van der Waals surface area contributed by atoms with Gasteiger partial charge in [0.15, 0.2) is 0 Å². The third-order valence-electron chi connectivity index (χ3n) is 2.78. The molecule has 0 saturated heterocycles. The van der Waals surface area contributed by atoms with Gasteiger partial charge < -0.3 is 5.73 Å². The quantitative estimate of drug-likeness (QED) is 0.615. The lowest BCUT2D eigenvalue weighted by Gasteiger charge is -2.31. The van der Waals surface area contributed by atoms with Crippen molar-refractivity contribution in [2.75, 3.05) is 5.73 Å². The highest BCUT2D eigenvalue weighted by Crippen LogP contribution is 2.54. The summed E-state index contributed by atoms with van der Waals surface area (Å²) < 4.78 is 89.3. The Balaban J connectivity index is 3.65. The minimum Gasteiger partial charge on any atom is -0.397 e. The van der Waals surface area contributed by atoms with E-state index in [0.717, 1.165) is 0 Å². The average molecular weight is 324 g/mol. The number of nitrogens with two attached hydrogens (primary N) is 1. The maximum atomic E-state index is 13.8. The summed E-state index contributed by atoms with van der Waals surface area (Å²) in [5, 5.41) is -0.560. The largest absolute Gasteiger partial charge is 0.435 e. The molecule has 0 radical (unpaired) electrons. The van der Waals surface area contributed by atoms with Crippen LogP contribution < -0.4 is 5.73 Å². The van der Waals surface area contributed by atoms with Crippen molar-refractivity contribution in [3.05, 3.63) is 28.3 Å². The Labute approximate surface area is 114 Å². The predicted octanol–water partition coefficient (Wildman–Crippen LogP) is 4.77. The van der Waals surface area contributed by atoms with Gasteiger partial charge in [-0.1, -0.05) is 18.5 Å². The van der Waals surface area contributed by atoms with Crippen molar-refractivity contribution < 1.29 is 30.7 Å². The second kappa shape index (κ2) is 4.98. The fourth-order valence-electron chi connectivity index (χ4n) is 1.65. The molecular weight excluding hydrogens is 315 g/mol. The Morgan fingerprint density at radius 1 is 1.00 bits per heavy atom. The highest BCUT2D eigenvalue weighted by atomic mass is 35.5. The van der Waals surface area contributed by atoms with Crippen LogP contribution in [0.5, 0.6) is 0 Å².